The van der Waals surface area contributed by atoms with E-state index in [2.05, 4.69) is 27.9 Å². The standard InChI is InChI=1S/C11H15IN2O3/c1-8(5-6-17-2)13-10-4-3-9(12)7-11(10)14(15)16/h3-4,7-8,13H,5-6H2,1-2H3. The minimum atomic E-state index is -0.368. The van der Waals surface area contributed by atoms with Gasteiger partial charge in [-0.3, -0.25) is 10.1 Å². The maximum absolute atomic E-state index is 10.9. The molecule has 0 spiro atoms. The Morgan fingerprint density at radius 2 is 2.29 bits per heavy atom. The van der Waals surface area contributed by atoms with Crippen molar-refractivity contribution in [2.75, 3.05) is 19.0 Å². The van der Waals surface area contributed by atoms with Crippen molar-refractivity contribution in [1.82, 2.24) is 0 Å². The predicted octanol–water partition coefficient (Wildman–Crippen LogP) is 3.04. The van der Waals surface area contributed by atoms with Gasteiger partial charge in [-0.05, 0) is 48.1 Å². The van der Waals surface area contributed by atoms with Crippen LogP contribution in [0, 0.1) is 13.7 Å². The molecule has 0 aliphatic heterocycles. The second kappa shape index (κ2) is 6.75. The molecule has 0 saturated heterocycles. The predicted molar refractivity (Wildman–Crippen MR) is 75.4 cm³/mol. The highest BCUT2D eigenvalue weighted by atomic mass is 127. The number of methoxy groups -OCH3 is 1. The van der Waals surface area contributed by atoms with Gasteiger partial charge in [-0.25, -0.2) is 0 Å². The van der Waals surface area contributed by atoms with Gasteiger partial charge in [0.15, 0.2) is 0 Å². The molecule has 5 nitrogen and oxygen atoms in total. The van der Waals surface area contributed by atoms with Gasteiger partial charge in [0.25, 0.3) is 5.69 Å². The lowest BCUT2D eigenvalue weighted by Crippen LogP contribution is -2.18. The molecule has 0 aliphatic rings. The molecular weight excluding hydrogens is 335 g/mol. The minimum absolute atomic E-state index is 0.112. The monoisotopic (exact) mass is 350 g/mol. The topological polar surface area (TPSA) is 64.4 Å². The first kappa shape index (κ1) is 14.2. The summed E-state index contributed by atoms with van der Waals surface area (Å²) in [6, 6.07) is 5.28. The summed E-state index contributed by atoms with van der Waals surface area (Å²) in [6.45, 7) is 2.60. The summed E-state index contributed by atoms with van der Waals surface area (Å²) in [7, 11) is 1.64. The fourth-order valence-electron chi connectivity index (χ4n) is 1.41. The number of anilines is 1. The van der Waals surface area contributed by atoms with E-state index in [0.29, 0.717) is 12.3 Å². The fourth-order valence-corrected chi connectivity index (χ4v) is 1.88. The number of nitrogens with zero attached hydrogens (tertiary/aromatic N) is 1. The van der Waals surface area contributed by atoms with Crippen molar-refractivity contribution in [3.8, 4) is 0 Å². The quantitative estimate of drug-likeness (QED) is 0.487. The van der Waals surface area contributed by atoms with E-state index in [1.54, 1.807) is 19.2 Å². The molecule has 0 aliphatic carbocycles. The van der Waals surface area contributed by atoms with Crippen LogP contribution >= 0.6 is 22.6 Å². The van der Waals surface area contributed by atoms with Gasteiger partial charge in [0.2, 0.25) is 0 Å². The van der Waals surface area contributed by atoms with Gasteiger partial charge in [0.05, 0.1) is 4.92 Å². The molecule has 94 valence electrons. The van der Waals surface area contributed by atoms with E-state index in [1.165, 1.54) is 0 Å². The largest absolute Gasteiger partial charge is 0.385 e. The van der Waals surface area contributed by atoms with E-state index in [1.807, 2.05) is 13.0 Å². The number of benzene rings is 1. The maximum atomic E-state index is 10.9. The van der Waals surface area contributed by atoms with Crippen molar-refractivity contribution in [3.05, 3.63) is 31.9 Å². The van der Waals surface area contributed by atoms with E-state index in [9.17, 15) is 10.1 Å². The number of ether oxygens (including phenoxy) is 1. The molecule has 0 radical (unpaired) electrons. The molecule has 0 heterocycles. The molecule has 1 unspecified atom stereocenters. The van der Waals surface area contributed by atoms with Crippen molar-refractivity contribution in [1.29, 1.82) is 0 Å². The van der Waals surface area contributed by atoms with Crippen LogP contribution in [0.5, 0.6) is 0 Å². The van der Waals surface area contributed by atoms with Gasteiger partial charge in [-0.1, -0.05) is 0 Å². The Kier molecular flexibility index (Phi) is 5.63. The highest BCUT2D eigenvalue weighted by Gasteiger charge is 2.15. The van der Waals surface area contributed by atoms with Crippen molar-refractivity contribution in [2.24, 2.45) is 0 Å². The maximum Gasteiger partial charge on any atom is 0.293 e. The third kappa shape index (κ3) is 4.47. The van der Waals surface area contributed by atoms with E-state index < -0.39 is 0 Å². The van der Waals surface area contributed by atoms with Gasteiger partial charge in [0.1, 0.15) is 5.69 Å². The van der Waals surface area contributed by atoms with Crippen molar-refractivity contribution in [3.63, 3.8) is 0 Å². The molecule has 0 amide bonds. The summed E-state index contributed by atoms with van der Waals surface area (Å²) in [5.74, 6) is 0. The Hall–Kier alpha value is -0.890. The fraction of sp³-hybridized carbons (Fsp3) is 0.455. The highest BCUT2D eigenvalue weighted by Crippen LogP contribution is 2.27. The van der Waals surface area contributed by atoms with Crippen LogP contribution < -0.4 is 5.32 Å². The van der Waals surface area contributed by atoms with Gasteiger partial charge < -0.3 is 10.1 Å². The molecule has 17 heavy (non-hydrogen) atoms. The zero-order valence-corrected chi connectivity index (χ0v) is 11.9. The zero-order valence-electron chi connectivity index (χ0n) is 9.77. The van der Waals surface area contributed by atoms with Crippen LogP contribution in [-0.2, 0) is 4.74 Å². The van der Waals surface area contributed by atoms with Crippen molar-refractivity contribution >= 4 is 34.0 Å². The summed E-state index contributed by atoms with van der Waals surface area (Å²) >= 11 is 2.06. The van der Waals surface area contributed by atoms with Crippen LogP contribution in [0.15, 0.2) is 18.2 Å². The van der Waals surface area contributed by atoms with Crippen LogP contribution in [0.4, 0.5) is 11.4 Å². The molecule has 6 heteroatoms. The van der Waals surface area contributed by atoms with Crippen molar-refractivity contribution in [2.45, 2.75) is 19.4 Å². The molecule has 1 rings (SSSR count). The number of rotatable bonds is 6. The molecule has 0 saturated carbocycles. The number of hydrogen-bond donors (Lipinski definition) is 1. The Morgan fingerprint density at radius 1 is 1.59 bits per heavy atom. The van der Waals surface area contributed by atoms with Gasteiger partial charge >= 0.3 is 0 Å². The third-order valence-electron chi connectivity index (χ3n) is 2.31. The highest BCUT2D eigenvalue weighted by molar-refractivity contribution is 14.1. The van der Waals surface area contributed by atoms with Gasteiger partial charge in [0, 0.05) is 29.4 Å². The third-order valence-corrected chi connectivity index (χ3v) is 2.98. The minimum Gasteiger partial charge on any atom is -0.385 e. The smallest absolute Gasteiger partial charge is 0.293 e. The number of nitrogens with one attached hydrogen (secondary N) is 1. The average Bonchev–Trinajstić information content (AvgIpc) is 2.28. The van der Waals surface area contributed by atoms with Gasteiger partial charge in [-0.2, -0.15) is 0 Å². The molecule has 1 aromatic carbocycles. The summed E-state index contributed by atoms with van der Waals surface area (Å²) in [5, 5.41) is 14.0. The van der Waals surface area contributed by atoms with Crippen molar-refractivity contribution < 1.29 is 9.66 Å². The van der Waals surface area contributed by atoms with E-state index in [-0.39, 0.29) is 16.7 Å². The van der Waals surface area contributed by atoms with Crippen LogP contribution in [0.1, 0.15) is 13.3 Å². The first-order chi connectivity index (χ1) is 8.04. The normalized spacial score (nSPS) is 12.2. The van der Waals surface area contributed by atoms with Crippen LogP contribution in [0.2, 0.25) is 0 Å². The first-order valence-corrected chi connectivity index (χ1v) is 6.32. The Bertz CT molecular complexity index is 398. The lowest BCUT2D eigenvalue weighted by atomic mass is 10.2. The summed E-state index contributed by atoms with van der Waals surface area (Å²) < 4.78 is 5.82. The second-order valence-corrected chi connectivity index (χ2v) is 4.99. The number of halogens is 1. The Labute approximate surface area is 114 Å². The number of nitro benzene ring substituents is 1. The molecular formula is C11H15IN2O3. The number of hydrogen-bond acceptors (Lipinski definition) is 4. The second-order valence-electron chi connectivity index (χ2n) is 3.75. The Morgan fingerprint density at radius 3 is 2.88 bits per heavy atom. The SMILES string of the molecule is COCCC(C)Nc1ccc(I)cc1[N+](=O)[O-]. The average molecular weight is 350 g/mol. The summed E-state index contributed by atoms with van der Waals surface area (Å²) in [6.07, 6.45) is 0.805. The molecule has 1 aromatic rings. The lowest BCUT2D eigenvalue weighted by Gasteiger charge is -2.14. The van der Waals surface area contributed by atoms with Crippen LogP contribution in [0.25, 0.3) is 0 Å². The summed E-state index contributed by atoms with van der Waals surface area (Å²) in [4.78, 5) is 10.5. The van der Waals surface area contributed by atoms with E-state index in [0.717, 1.165) is 9.99 Å². The van der Waals surface area contributed by atoms with Crippen LogP contribution in [-0.4, -0.2) is 24.7 Å². The first-order valence-electron chi connectivity index (χ1n) is 5.24. The van der Waals surface area contributed by atoms with E-state index in [4.69, 9.17) is 4.74 Å². The molecule has 1 N–H and O–H groups in total. The number of nitro groups is 1. The zero-order chi connectivity index (χ0) is 12.8. The molecule has 0 aromatic heterocycles. The van der Waals surface area contributed by atoms with E-state index >= 15 is 0 Å². The van der Waals surface area contributed by atoms with Crippen LogP contribution in [0.3, 0.4) is 0 Å². The van der Waals surface area contributed by atoms with Gasteiger partial charge in [-0.15, -0.1) is 0 Å². The molecule has 1 atom stereocenters. The summed E-state index contributed by atoms with van der Waals surface area (Å²) in [5.41, 5.74) is 0.667. The molecule has 0 fully saturated rings. The molecule has 0 bridgehead atoms. The Balaban J connectivity index is 2.79. The lowest BCUT2D eigenvalue weighted by molar-refractivity contribution is -0.384.